The Morgan fingerprint density at radius 3 is 2.88 bits per heavy atom. The quantitative estimate of drug-likeness (QED) is 0.668. The van der Waals surface area contributed by atoms with Crippen molar-refractivity contribution in [2.75, 3.05) is 26.3 Å². The Bertz CT molecular complexity index is 290. The summed E-state index contributed by atoms with van der Waals surface area (Å²) in [7, 11) is 0. The molecule has 0 unspecified atom stereocenters. The molecular formula is C13H21NO2. The lowest BCUT2D eigenvalue weighted by molar-refractivity contribution is -0.135. The predicted octanol–water partition coefficient (Wildman–Crippen LogP) is 1.84. The van der Waals surface area contributed by atoms with Crippen LogP contribution in [0.25, 0.3) is 0 Å². The number of hydrogen-bond acceptors (Lipinski definition) is 2. The lowest BCUT2D eigenvalue weighted by atomic mass is 9.96. The Morgan fingerprint density at radius 2 is 2.38 bits per heavy atom. The smallest absolute Gasteiger partial charge is 0.228 e. The maximum atomic E-state index is 12.1. The van der Waals surface area contributed by atoms with Crippen LogP contribution in [0.15, 0.2) is 11.6 Å². The fourth-order valence-electron chi connectivity index (χ4n) is 2.40. The Kier molecular flexibility index (Phi) is 3.64. The molecule has 0 bridgehead atoms. The predicted molar refractivity (Wildman–Crippen MR) is 63.0 cm³/mol. The summed E-state index contributed by atoms with van der Waals surface area (Å²) in [6, 6.07) is 0. The first-order chi connectivity index (χ1) is 7.68. The third-order valence-corrected chi connectivity index (χ3v) is 3.58. The van der Waals surface area contributed by atoms with Crippen molar-refractivity contribution in [2.24, 2.45) is 11.8 Å². The molecule has 0 radical (unpaired) electrons. The van der Waals surface area contributed by atoms with Gasteiger partial charge in [-0.05, 0) is 18.8 Å². The van der Waals surface area contributed by atoms with Crippen molar-refractivity contribution >= 4 is 5.91 Å². The normalized spacial score (nSPS) is 26.1. The zero-order valence-corrected chi connectivity index (χ0v) is 10.2. The number of amides is 1. The second-order valence-electron chi connectivity index (χ2n) is 5.03. The first-order valence-corrected chi connectivity index (χ1v) is 6.24. The molecule has 0 aromatic carbocycles. The Morgan fingerprint density at radius 1 is 1.56 bits per heavy atom. The topological polar surface area (TPSA) is 29.5 Å². The summed E-state index contributed by atoms with van der Waals surface area (Å²) in [5.41, 5.74) is 1.49. The van der Waals surface area contributed by atoms with Gasteiger partial charge in [-0.3, -0.25) is 4.79 Å². The minimum atomic E-state index is 0.119. The van der Waals surface area contributed by atoms with Gasteiger partial charge in [0.25, 0.3) is 0 Å². The van der Waals surface area contributed by atoms with Crippen molar-refractivity contribution in [1.29, 1.82) is 0 Å². The van der Waals surface area contributed by atoms with Gasteiger partial charge in [0.1, 0.15) is 0 Å². The molecule has 0 spiro atoms. The highest BCUT2D eigenvalue weighted by atomic mass is 16.5. The van der Waals surface area contributed by atoms with Crippen molar-refractivity contribution in [3.8, 4) is 0 Å². The second kappa shape index (κ2) is 5.00. The van der Waals surface area contributed by atoms with Crippen LogP contribution in [0.4, 0.5) is 0 Å². The summed E-state index contributed by atoms with van der Waals surface area (Å²) in [6.07, 6.45) is 4.16. The fourth-order valence-corrected chi connectivity index (χ4v) is 2.40. The van der Waals surface area contributed by atoms with Gasteiger partial charge < -0.3 is 9.64 Å². The van der Waals surface area contributed by atoms with E-state index in [-0.39, 0.29) is 11.8 Å². The van der Waals surface area contributed by atoms with Gasteiger partial charge in [0, 0.05) is 19.7 Å². The Labute approximate surface area is 97.5 Å². The molecule has 1 fully saturated rings. The number of nitrogens with zero attached hydrogens (tertiary/aromatic N) is 1. The molecule has 0 aromatic heterocycles. The molecule has 2 heterocycles. The van der Waals surface area contributed by atoms with Crippen LogP contribution >= 0.6 is 0 Å². The number of ether oxygens (including phenoxy) is 1. The van der Waals surface area contributed by atoms with Gasteiger partial charge in [-0.25, -0.2) is 0 Å². The van der Waals surface area contributed by atoms with E-state index in [0.29, 0.717) is 12.5 Å². The summed E-state index contributed by atoms with van der Waals surface area (Å²) in [5.74, 6) is 1.03. The first-order valence-electron chi connectivity index (χ1n) is 6.24. The molecule has 3 nitrogen and oxygen atoms in total. The molecule has 16 heavy (non-hydrogen) atoms. The first kappa shape index (κ1) is 11.6. The number of carbonyl (C=O) groups excluding carboxylic acids is 1. The SMILES string of the molecule is CC(C)C1=CCN(C(=O)[C@H]2CCOC2)CC1. The molecule has 1 atom stereocenters. The minimum Gasteiger partial charge on any atom is -0.381 e. The number of rotatable bonds is 2. The van der Waals surface area contributed by atoms with Gasteiger partial charge >= 0.3 is 0 Å². The molecule has 2 aliphatic heterocycles. The highest BCUT2D eigenvalue weighted by Gasteiger charge is 2.28. The van der Waals surface area contributed by atoms with E-state index in [1.807, 2.05) is 4.90 Å². The van der Waals surface area contributed by atoms with Gasteiger partial charge in [0.05, 0.1) is 12.5 Å². The standard InChI is InChI=1S/C13H21NO2/c1-10(2)11-3-6-14(7-4-11)13(15)12-5-8-16-9-12/h3,10,12H,4-9H2,1-2H3/t12-/m0/s1. The summed E-state index contributed by atoms with van der Waals surface area (Å²) in [6.45, 7) is 7.48. The van der Waals surface area contributed by atoms with E-state index >= 15 is 0 Å². The lowest BCUT2D eigenvalue weighted by Crippen LogP contribution is -2.39. The van der Waals surface area contributed by atoms with Crippen LogP contribution in [0.5, 0.6) is 0 Å². The van der Waals surface area contributed by atoms with Crippen LogP contribution < -0.4 is 0 Å². The molecule has 0 aliphatic carbocycles. The molecule has 0 saturated carbocycles. The van der Waals surface area contributed by atoms with Crippen LogP contribution in [-0.4, -0.2) is 37.1 Å². The third kappa shape index (κ3) is 2.46. The Hall–Kier alpha value is -0.830. The molecule has 1 saturated heterocycles. The van der Waals surface area contributed by atoms with Crippen LogP contribution in [0, 0.1) is 11.8 Å². The number of carbonyl (C=O) groups is 1. The van der Waals surface area contributed by atoms with Crippen LogP contribution in [0.2, 0.25) is 0 Å². The maximum Gasteiger partial charge on any atom is 0.228 e. The van der Waals surface area contributed by atoms with Gasteiger partial charge in [-0.2, -0.15) is 0 Å². The van der Waals surface area contributed by atoms with E-state index in [0.717, 1.165) is 32.5 Å². The molecule has 0 aromatic rings. The average molecular weight is 223 g/mol. The summed E-state index contributed by atoms with van der Waals surface area (Å²) >= 11 is 0. The van der Waals surface area contributed by atoms with E-state index in [1.165, 1.54) is 5.57 Å². The summed E-state index contributed by atoms with van der Waals surface area (Å²) in [4.78, 5) is 14.1. The summed E-state index contributed by atoms with van der Waals surface area (Å²) in [5, 5.41) is 0. The zero-order valence-electron chi connectivity index (χ0n) is 10.2. The monoisotopic (exact) mass is 223 g/mol. The molecule has 2 aliphatic rings. The molecule has 0 N–H and O–H groups in total. The van der Waals surface area contributed by atoms with E-state index in [4.69, 9.17) is 4.74 Å². The van der Waals surface area contributed by atoms with Gasteiger partial charge in [-0.15, -0.1) is 0 Å². The highest BCUT2D eigenvalue weighted by molar-refractivity contribution is 5.79. The van der Waals surface area contributed by atoms with Crippen molar-refractivity contribution in [3.63, 3.8) is 0 Å². The van der Waals surface area contributed by atoms with Crippen LogP contribution in [0.1, 0.15) is 26.7 Å². The van der Waals surface area contributed by atoms with E-state index in [9.17, 15) is 4.79 Å². The van der Waals surface area contributed by atoms with Crippen LogP contribution in [0.3, 0.4) is 0 Å². The van der Waals surface area contributed by atoms with Gasteiger partial charge in [-0.1, -0.05) is 25.5 Å². The lowest BCUT2D eigenvalue weighted by Gasteiger charge is -2.29. The Balaban J connectivity index is 1.90. The fraction of sp³-hybridized carbons (Fsp3) is 0.769. The van der Waals surface area contributed by atoms with Gasteiger partial charge in [0.2, 0.25) is 5.91 Å². The van der Waals surface area contributed by atoms with Crippen molar-refractivity contribution < 1.29 is 9.53 Å². The van der Waals surface area contributed by atoms with Crippen LogP contribution in [-0.2, 0) is 9.53 Å². The van der Waals surface area contributed by atoms with E-state index in [1.54, 1.807) is 0 Å². The maximum absolute atomic E-state index is 12.1. The van der Waals surface area contributed by atoms with E-state index in [2.05, 4.69) is 19.9 Å². The van der Waals surface area contributed by atoms with Gasteiger partial charge in [0.15, 0.2) is 0 Å². The average Bonchev–Trinajstić information content (AvgIpc) is 2.81. The molecule has 3 heteroatoms. The molecule has 1 amide bonds. The largest absolute Gasteiger partial charge is 0.381 e. The highest BCUT2D eigenvalue weighted by Crippen LogP contribution is 2.22. The summed E-state index contributed by atoms with van der Waals surface area (Å²) < 4.78 is 5.27. The van der Waals surface area contributed by atoms with Crippen molar-refractivity contribution in [1.82, 2.24) is 4.90 Å². The van der Waals surface area contributed by atoms with Crippen molar-refractivity contribution in [3.05, 3.63) is 11.6 Å². The van der Waals surface area contributed by atoms with E-state index < -0.39 is 0 Å². The molecular weight excluding hydrogens is 202 g/mol. The second-order valence-corrected chi connectivity index (χ2v) is 5.03. The minimum absolute atomic E-state index is 0.119. The molecule has 90 valence electrons. The third-order valence-electron chi connectivity index (χ3n) is 3.58. The molecule has 2 rings (SSSR count). The van der Waals surface area contributed by atoms with Crippen molar-refractivity contribution in [2.45, 2.75) is 26.7 Å². The number of hydrogen-bond donors (Lipinski definition) is 0. The zero-order chi connectivity index (χ0) is 11.5.